The lowest BCUT2D eigenvalue weighted by Gasteiger charge is -2.27. The molecule has 0 bridgehead atoms. The van der Waals surface area contributed by atoms with E-state index in [0.717, 1.165) is 0 Å². The zero-order valence-corrected chi connectivity index (χ0v) is 9.15. The predicted molar refractivity (Wildman–Crippen MR) is 55.2 cm³/mol. The topological polar surface area (TPSA) is 24.1 Å². The summed E-state index contributed by atoms with van der Waals surface area (Å²) in [7, 11) is 2.02. The lowest BCUT2D eigenvalue weighted by Crippen LogP contribution is -2.48. The Hall–Kier alpha value is -0.0800. The van der Waals surface area contributed by atoms with Crippen molar-refractivity contribution in [1.82, 2.24) is 10.6 Å². The molecule has 3 atom stereocenters. The largest absolute Gasteiger partial charge is 0.305 e. The second kappa shape index (κ2) is 6.44. The Morgan fingerprint density at radius 2 is 1.67 bits per heavy atom. The normalized spacial score (nSPS) is 18.8. The highest BCUT2D eigenvalue weighted by molar-refractivity contribution is 4.71. The van der Waals surface area contributed by atoms with Gasteiger partial charge in [0.1, 0.15) is 0 Å². The maximum Gasteiger partial charge on any atom is 0.0597 e. The van der Waals surface area contributed by atoms with Crippen LogP contribution in [-0.2, 0) is 0 Å². The predicted octanol–water partition coefficient (Wildman–Crippen LogP) is 1.97. The van der Waals surface area contributed by atoms with E-state index in [4.69, 9.17) is 0 Å². The Balaban J connectivity index is 3.81. The van der Waals surface area contributed by atoms with Gasteiger partial charge in [0.15, 0.2) is 0 Å². The number of rotatable bonds is 6. The second-order valence-corrected chi connectivity index (χ2v) is 3.63. The van der Waals surface area contributed by atoms with Crippen molar-refractivity contribution in [3.8, 4) is 0 Å². The molecule has 3 unspecified atom stereocenters. The molecule has 0 amide bonds. The molecule has 0 radical (unpaired) electrons. The van der Waals surface area contributed by atoms with Gasteiger partial charge in [-0.05, 0) is 26.3 Å². The summed E-state index contributed by atoms with van der Waals surface area (Å²) in [6, 6.07) is 0.608. The van der Waals surface area contributed by atoms with Crippen LogP contribution in [0.3, 0.4) is 0 Å². The third-order valence-corrected chi connectivity index (χ3v) is 2.60. The van der Waals surface area contributed by atoms with Gasteiger partial charge in [-0.25, -0.2) is 0 Å². The van der Waals surface area contributed by atoms with Gasteiger partial charge in [-0.3, -0.25) is 5.32 Å². The van der Waals surface area contributed by atoms with Crippen LogP contribution in [-0.4, -0.2) is 19.3 Å². The fraction of sp³-hybridized carbons (Fsp3) is 1.00. The van der Waals surface area contributed by atoms with E-state index < -0.39 is 0 Å². The molecule has 0 aromatic rings. The van der Waals surface area contributed by atoms with Crippen LogP contribution in [0, 0.1) is 5.92 Å². The van der Waals surface area contributed by atoms with Crippen molar-refractivity contribution in [2.24, 2.45) is 5.92 Å². The van der Waals surface area contributed by atoms with E-state index in [2.05, 4.69) is 38.3 Å². The summed E-state index contributed by atoms with van der Waals surface area (Å²) in [6.45, 7) is 8.94. The van der Waals surface area contributed by atoms with Crippen LogP contribution in [0.15, 0.2) is 0 Å². The summed E-state index contributed by atoms with van der Waals surface area (Å²) in [4.78, 5) is 0. The molecule has 0 saturated carbocycles. The van der Waals surface area contributed by atoms with Gasteiger partial charge in [-0.15, -0.1) is 0 Å². The molecule has 0 heterocycles. The minimum atomic E-state index is 0.463. The Morgan fingerprint density at radius 3 is 2.00 bits per heavy atom. The molecule has 2 heteroatoms. The van der Waals surface area contributed by atoms with Crippen LogP contribution in [0.1, 0.15) is 40.5 Å². The lowest BCUT2D eigenvalue weighted by atomic mass is 10.0. The zero-order chi connectivity index (χ0) is 9.56. The molecule has 0 aliphatic rings. The molecule has 0 saturated heterocycles. The van der Waals surface area contributed by atoms with Gasteiger partial charge in [0.05, 0.1) is 6.17 Å². The second-order valence-electron chi connectivity index (χ2n) is 3.63. The van der Waals surface area contributed by atoms with Gasteiger partial charge in [-0.2, -0.15) is 0 Å². The molecule has 0 aromatic heterocycles. The summed E-state index contributed by atoms with van der Waals surface area (Å²) in [6.07, 6.45) is 2.87. The first-order valence-corrected chi connectivity index (χ1v) is 5.08. The first kappa shape index (κ1) is 11.9. The highest BCUT2D eigenvalue weighted by atomic mass is 15.1. The monoisotopic (exact) mass is 172 g/mol. The van der Waals surface area contributed by atoms with Crippen LogP contribution in [0.4, 0.5) is 0 Å². The number of hydrogen-bond acceptors (Lipinski definition) is 2. The highest BCUT2D eigenvalue weighted by Gasteiger charge is 2.14. The maximum absolute atomic E-state index is 3.56. The molecule has 0 spiro atoms. The molecule has 0 aliphatic heterocycles. The molecular weight excluding hydrogens is 148 g/mol. The van der Waals surface area contributed by atoms with Gasteiger partial charge in [-0.1, -0.05) is 27.2 Å². The standard InChI is InChI=1S/C10H24N2/c1-6-8(3)10(11-5)12-9(4)7-2/h8-12H,6-7H2,1-5H3. The average Bonchev–Trinajstić information content (AvgIpc) is 2.12. The van der Waals surface area contributed by atoms with Gasteiger partial charge in [0, 0.05) is 6.04 Å². The van der Waals surface area contributed by atoms with E-state index in [1.807, 2.05) is 7.05 Å². The van der Waals surface area contributed by atoms with Gasteiger partial charge < -0.3 is 5.32 Å². The molecule has 0 aliphatic carbocycles. The Morgan fingerprint density at radius 1 is 1.08 bits per heavy atom. The Kier molecular flexibility index (Phi) is 6.39. The number of nitrogens with one attached hydrogen (secondary N) is 2. The molecule has 74 valence electrons. The lowest BCUT2D eigenvalue weighted by molar-refractivity contribution is 0.297. The fourth-order valence-electron chi connectivity index (χ4n) is 1.19. The van der Waals surface area contributed by atoms with Gasteiger partial charge in [0.2, 0.25) is 0 Å². The van der Waals surface area contributed by atoms with Crippen molar-refractivity contribution in [3.63, 3.8) is 0 Å². The van der Waals surface area contributed by atoms with Crippen molar-refractivity contribution >= 4 is 0 Å². The van der Waals surface area contributed by atoms with Crippen molar-refractivity contribution in [2.45, 2.75) is 52.7 Å². The smallest absolute Gasteiger partial charge is 0.0597 e. The molecule has 2 nitrogen and oxygen atoms in total. The van der Waals surface area contributed by atoms with Crippen molar-refractivity contribution in [3.05, 3.63) is 0 Å². The van der Waals surface area contributed by atoms with E-state index in [0.29, 0.717) is 18.1 Å². The molecule has 0 aromatic carbocycles. The minimum absolute atomic E-state index is 0.463. The first-order valence-electron chi connectivity index (χ1n) is 5.08. The SMILES string of the molecule is CCC(C)NC(NC)C(C)CC. The van der Waals surface area contributed by atoms with Crippen LogP contribution >= 0.6 is 0 Å². The number of hydrogen-bond donors (Lipinski definition) is 2. The van der Waals surface area contributed by atoms with E-state index in [1.165, 1.54) is 12.8 Å². The summed E-state index contributed by atoms with van der Waals surface area (Å²) in [5.41, 5.74) is 0. The van der Waals surface area contributed by atoms with Crippen LogP contribution in [0.2, 0.25) is 0 Å². The zero-order valence-electron chi connectivity index (χ0n) is 9.15. The van der Waals surface area contributed by atoms with Crippen LogP contribution < -0.4 is 10.6 Å². The van der Waals surface area contributed by atoms with E-state index in [9.17, 15) is 0 Å². The molecule has 0 rings (SSSR count). The third kappa shape index (κ3) is 4.07. The van der Waals surface area contributed by atoms with Gasteiger partial charge in [0.25, 0.3) is 0 Å². The molecular formula is C10H24N2. The minimum Gasteiger partial charge on any atom is -0.305 e. The van der Waals surface area contributed by atoms with Crippen molar-refractivity contribution in [1.29, 1.82) is 0 Å². The van der Waals surface area contributed by atoms with Crippen LogP contribution in [0.25, 0.3) is 0 Å². The third-order valence-electron chi connectivity index (χ3n) is 2.60. The van der Waals surface area contributed by atoms with E-state index in [1.54, 1.807) is 0 Å². The highest BCUT2D eigenvalue weighted by Crippen LogP contribution is 2.05. The quantitative estimate of drug-likeness (QED) is 0.599. The molecule has 2 N–H and O–H groups in total. The molecule has 0 fully saturated rings. The van der Waals surface area contributed by atoms with Crippen molar-refractivity contribution < 1.29 is 0 Å². The van der Waals surface area contributed by atoms with E-state index >= 15 is 0 Å². The van der Waals surface area contributed by atoms with Crippen molar-refractivity contribution in [2.75, 3.05) is 7.05 Å². The summed E-state index contributed by atoms with van der Waals surface area (Å²) < 4.78 is 0. The van der Waals surface area contributed by atoms with E-state index in [-0.39, 0.29) is 0 Å². The van der Waals surface area contributed by atoms with Crippen LogP contribution in [0.5, 0.6) is 0 Å². The molecule has 12 heavy (non-hydrogen) atoms. The fourth-order valence-corrected chi connectivity index (χ4v) is 1.19. The Labute approximate surface area is 77.1 Å². The average molecular weight is 172 g/mol. The van der Waals surface area contributed by atoms with Gasteiger partial charge >= 0.3 is 0 Å². The Bertz CT molecular complexity index is 104. The summed E-state index contributed by atoms with van der Waals surface area (Å²) in [5, 5.41) is 6.86. The summed E-state index contributed by atoms with van der Waals surface area (Å²) in [5.74, 6) is 0.698. The summed E-state index contributed by atoms with van der Waals surface area (Å²) >= 11 is 0. The maximum atomic E-state index is 3.56. The first-order chi connectivity index (χ1) is 5.65.